The summed E-state index contributed by atoms with van der Waals surface area (Å²) in [5.74, 6) is 1.20. The minimum atomic E-state index is 0.347. The molecule has 3 rings (SSSR count). The smallest absolute Gasteiger partial charge is 0.147 e. The van der Waals surface area contributed by atoms with Crippen LogP contribution in [0.1, 0.15) is 6.42 Å². The molecule has 2 aliphatic carbocycles. The molecule has 2 fully saturated rings. The highest BCUT2D eigenvalue weighted by atomic mass is 79.9. The van der Waals surface area contributed by atoms with Crippen LogP contribution in [-0.2, 0) is 9.47 Å². The number of hydrogen-bond acceptors (Lipinski definition) is 2. The Kier molecular flexibility index (Phi) is 1.26. The zero-order valence-electron chi connectivity index (χ0n) is 6.00. The van der Waals surface area contributed by atoms with Gasteiger partial charge in [-0.05, 0) is 10.9 Å². The SMILES string of the molecule is BrC1=C[C@@H]2C[C@H]1[C@@H]1OCO[C@@H]12. The zero-order valence-corrected chi connectivity index (χ0v) is 7.58. The van der Waals surface area contributed by atoms with E-state index in [1.165, 1.54) is 10.9 Å². The summed E-state index contributed by atoms with van der Waals surface area (Å²) >= 11 is 3.56. The first-order valence-electron chi connectivity index (χ1n) is 3.96. The lowest BCUT2D eigenvalue weighted by atomic mass is 10.0. The molecule has 60 valence electrons. The predicted molar refractivity (Wildman–Crippen MR) is 43.2 cm³/mol. The summed E-state index contributed by atoms with van der Waals surface area (Å²) in [5, 5.41) is 0. The van der Waals surface area contributed by atoms with E-state index in [0.717, 1.165) is 0 Å². The summed E-state index contributed by atoms with van der Waals surface area (Å²) in [6.07, 6.45) is 4.21. The molecule has 0 aromatic carbocycles. The quantitative estimate of drug-likeness (QED) is 0.614. The van der Waals surface area contributed by atoms with Gasteiger partial charge in [0, 0.05) is 11.8 Å². The fraction of sp³-hybridized carbons (Fsp3) is 0.750. The van der Waals surface area contributed by atoms with Crippen molar-refractivity contribution in [1.82, 2.24) is 0 Å². The molecule has 2 nitrogen and oxygen atoms in total. The predicted octanol–water partition coefficient (Wildman–Crippen LogP) is 1.66. The van der Waals surface area contributed by atoms with E-state index < -0.39 is 0 Å². The molecule has 2 bridgehead atoms. The van der Waals surface area contributed by atoms with Crippen molar-refractivity contribution in [2.45, 2.75) is 18.6 Å². The van der Waals surface area contributed by atoms with Gasteiger partial charge in [0.2, 0.25) is 0 Å². The Morgan fingerprint density at radius 3 is 3.09 bits per heavy atom. The summed E-state index contributed by atoms with van der Waals surface area (Å²) in [6.45, 7) is 0.496. The van der Waals surface area contributed by atoms with Gasteiger partial charge in [0.25, 0.3) is 0 Å². The van der Waals surface area contributed by atoms with Crippen molar-refractivity contribution in [3.63, 3.8) is 0 Å². The van der Waals surface area contributed by atoms with Crippen LogP contribution in [-0.4, -0.2) is 19.0 Å². The molecule has 1 heterocycles. The van der Waals surface area contributed by atoms with E-state index in [4.69, 9.17) is 9.47 Å². The topological polar surface area (TPSA) is 18.5 Å². The first kappa shape index (κ1) is 6.63. The lowest BCUT2D eigenvalue weighted by Crippen LogP contribution is -2.27. The van der Waals surface area contributed by atoms with Gasteiger partial charge in [0.15, 0.2) is 0 Å². The lowest BCUT2D eigenvalue weighted by Gasteiger charge is -2.19. The van der Waals surface area contributed by atoms with Gasteiger partial charge in [0.1, 0.15) is 6.79 Å². The first-order chi connectivity index (χ1) is 5.36. The summed E-state index contributed by atoms with van der Waals surface area (Å²) < 4.78 is 12.3. The average Bonchev–Trinajstić information content (AvgIpc) is 2.52. The maximum absolute atomic E-state index is 5.49. The third-order valence-corrected chi connectivity index (χ3v) is 3.77. The maximum atomic E-state index is 5.49. The Labute approximate surface area is 73.7 Å². The second kappa shape index (κ2) is 2.09. The molecule has 11 heavy (non-hydrogen) atoms. The highest BCUT2D eigenvalue weighted by molar-refractivity contribution is 9.11. The Morgan fingerprint density at radius 2 is 2.18 bits per heavy atom. The summed E-state index contributed by atoms with van der Waals surface area (Å²) in [4.78, 5) is 0. The Hall–Kier alpha value is 0.140. The fourth-order valence-corrected chi connectivity index (χ4v) is 3.21. The summed E-state index contributed by atoms with van der Waals surface area (Å²) in [6, 6.07) is 0. The fourth-order valence-electron chi connectivity index (χ4n) is 2.42. The highest BCUT2D eigenvalue weighted by Crippen LogP contribution is 2.50. The molecule has 0 spiro atoms. The van der Waals surface area contributed by atoms with Crippen LogP contribution in [0.2, 0.25) is 0 Å². The molecule has 0 aromatic rings. The van der Waals surface area contributed by atoms with E-state index in [1.54, 1.807) is 0 Å². The van der Waals surface area contributed by atoms with Crippen molar-refractivity contribution in [1.29, 1.82) is 0 Å². The van der Waals surface area contributed by atoms with Gasteiger partial charge in [-0.2, -0.15) is 0 Å². The lowest BCUT2D eigenvalue weighted by molar-refractivity contribution is 0.0191. The minimum Gasteiger partial charge on any atom is -0.349 e. The largest absolute Gasteiger partial charge is 0.349 e. The van der Waals surface area contributed by atoms with Gasteiger partial charge in [-0.15, -0.1) is 0 Å². The van der Waals surface area contributed by atoms with E-state index in [0.29, 0.717) is 30.8 Å². The zero-order chi connectivity index (χ0) is 7.42. The average molecular weight is 217 g/mol. The van der Waals surface area contributed by atoms with E-state index in [1.807, 2.05) is 0 Å². The van der Waals surface area contributed by atoms with Crippen molar-refractivity contribution in [3.8, 4) is 0 Å². The number of hydrogen-bond donors (Lipinski definition) is 0. The molecule has 0 amide bonds. The molecule has 1 aliphatic heterocycles. The van der Waals surface area contributed by atoms with Crippen molar-refractivity contribution in [2.75, 3.05) is 6.79 Å². The van der Waals surface area contributed by atoms with E-state index in [9.17, 15) is 0 Å². The number of rotatable bonds is 0. The monoisotopic (exact) mass is 216 g/mol. The summed E-state index contributed by atoms with van der Waals surface area (Å²) in [5.41, 5.74) is 0. The molecule has 3 heteroatoms. The van der Waals surface area contributed by atoms with Gasteiger partial charge < -0.3 is 9.47 Å². The normalized spacial score (nSPS) is 53.0. The van der Waals surface area contributed by atoms with Crippen molar-refractivity contribution in [2.24, 2.45) is 11.8 Å². The molecule has 0 unspecified atom stereocenters. The second-order valence-corrected chi connectivity index (χ2v) is 4.35. The Morgan fingerprint density at radius 1 is 1.36 bits per heavy atom. The van der Waals surface area contributed by atoms with Crippen LogP contribution in [0.15, 0.2) is 10.6 Å². The molecule has 1 saturated carbocycles. The minimum absolute atomic E-state index is 0.347. The van der Waals surface area contributed by atoms with Gasteiger partial charge in [-0.3, -0.25) is 0 Å². The second-order valence-electron chi connectivity index (χ2n) is 3.44. The number of halogens is 1. The standard InChI is InChI=1S/C8H9BrO2/c9-6-2-4-1-5(6)8-7(4)10-3-11-8/h2,4-5,7-8H,1,3H2/t4-,5+,7+,8-/m0/s1. The Balaban J connectivity index is 1.99. The van der Waals surface area contributed by atoms with Crippen molar-refractivity contribution >= 4 is 15.9 Å². The molecular formula is C8H9BrO2. The highest BCUT2D eigenvalue weighted by Gasteiger charge is 2.51. The molecule has 0 radical (unpaired) electrons. The molecule has 3 aliphatic rings. The number of fused-ring (bicyclic) bond motifs is 5. The maximum Gasteiger partial charge on any atom is 0.147 e. The summed E-state index contributed by atoms with van der Waals surface area (Å²) in [7, 11) is 0. The van der Waals surface area contributed by atoms with Crippen LogP contribution >= 0.6 is 15.9 Å². The van der Waals surface area contributed by atoms with Gasteiger partial charge >= 0.3 is 0 Å². The third kappa shape index (κ3) is 0.740. The van der Waals surface area contributed by atoms with Crippen LogP contribution in [0.4, 0.5) is 0 Å². The van der Waals surface area contributed by atoms with Crippen molar-refractivity contribution in [3.05, 3.63) is 10.6 Å². The molecule has 0 aromatic heterocycles. The molecule has 4 atom stereocenters. The third-order valence-electron chi connectivity index (χ3n) is 2.92. The van der Waals surface area contributed by atoms with E-state index in [2.05, 4.69) is 22.0 Å². The Bertz CT molecular complexity index is 226. The molecule has 1 saturated heterocycles. The van der Waals surface area contributed by atoms with Crippen LogP contribution in [0.3, 0.4) is 0 Å². The van der Waals surface area contributed by atoms with E-state index >= 15 is 0 Å². The number of ether oxygens (including phenoxy) is 2. The van der Waals surface area contributed by atoms with Crippen molar-refractivity contribution < 1.29 is 9.47 Å². The van der Waals surface area contributed by atoms with Gasteiger partial charge in [-0.25, -0.2) is 0 Å². The van der Waals surface area contributed by atoms with E-state index in [-0.39, 0.29) is 0 Å². The molecule has 0 N–H and O–H groups in total. The van der Waals surface area contributed by atoms with Crippen LogP contribution in [0.5, 0.6) is 0 Å². The van der Waals surface area contributed by atoms with Crippen LogP contribution in [0.25, 0.3) is 0 Å². The van der Waals surface area contributed by atoms with Crippen LogP contribution < -0.4 is 0 Å². The van der Waals surface area contributed by atoms with Gasteiger partial charge in [-0.1, -0.05) is 22.0 Å². The first-order valence-corrected chi connectivity index (χ1v) is 4.76. The molecular weight excluding hydrogens is 208 g/mol. The van der Waals surface area contributed by atoms with Gasteiger partial charge in [0.05, 0.1) is 12.2 Å². The van der Waals surface area contributed by atoms with Crippen LogP contribution in [0, 0.1) is 11.8 Å².